The molecule has 1 fully saturated rings. The molecular formula is C12H14N3O2-. The molecule has 0 radical (unpaired) electrons. The lowest BCUT2D eigenvalue weighted by molar-refractivity contribution is -0.311. The fourth-order valence-corrected chi connectivity index (χ4v) is 1.82. The third kappa shape index (κ3) is 2.81. The summed E-state index contributed by atoms with van der Waals surface area (Å²) in [5, 5.41) is 20.3. The van der Waals surface area contributed by atoms with Gasteiger partial charge in [-0.15, -0.1) is 5.11 Å². The maximum Gasteiger partial charge on any atom is 0.0881 e. The van der Waals surface area contributed by atoms with Crippen molar-refractivity contribution in [2.45, 2.75) is 25.8 Å². The highest BCUT2D eigenvalue weighted by molar-refractivity contribution is 5.71. The van der Waals surface area contributed by atoms with E-state index in [2.05, 4.69) is 10.3 Å². The highest BCUT2D eigenvalue weighted by Gasteiger charge is 2.24. The monoisotopic (exact) mass is 232 g/mol. The lowest BCUT2D eigenvalue weighted by Gasteiger charge is -2.20. The Morgan fingerprint density at radius 1 is 1.41 bits per heavy atom. The standard InChI is InChI=1S/C12H15N3O2/c1-9-4-6-10(7-5-9)13-14-15-8-2-3-11(15)12(16)17/h4-7,11H,2-3,8H2,1H3,(H,16,17)/p-1. The topological polar surface area (TPSA) is 68.1 Å². The minimum absolute atomic E-state index is 0.579. The van der Waals surface area contributed by atoms with Crippen LogP contribution in [0.2, 0.25) is 0 Å². The summed E-state index contributed by atoms with van der Waals surface area (Å²) in [6, 6.07) is 6.94. The van der Waals surface area contributed by atoms with Gasteiger partial charge in [-0.05, 0) is 31.9 Å². The first-order chi connectivity index (χ1) is 8.16. The van der Waals surface area contributed by atoms with Crippen molar-refractivity contribution in [2.75, 3.05) is 6.54 Å². The SMILES string of the molecule is Cc1ccc(N=NN2CCCC2C(=O)[O-])cc1. The second-order valence-corrected chi connectivity index (χ2v) is 4.17. The highest BCUT2D eigenvalue weighted by Crippen LogP contribution is 2.19. The fraction of sp³-hybridized carbons (Fsp3) is 0.417. The van der Waals surface area contributed by atoms with Crippen LogP contribution in [-0.4, -0.2) is 23.6 Å². The molecule has 5 nitrogen and oxygen atoms in total. The first kappa shape index (κ1) is 11.6. The Hall–Kier alpha value is -1.91. The molecule has 5 heteroatoms. The van der Waals surface area contributed by atoms with E-state index in [1.165, 1.54) is 5.01 Å². The number of hydrogen-bond acceptors (Lipinski definition) is 4. The van der Waals surface area contributed by atoms with Gasteiger partial charge in [0.1, 0.15) is 0 Å². The number of aryl methyl sites for hydroxylation is 1. The van der Waals surface area contributed by atoms with Crippen molar-refractivity contribution in [2.24, 2.45) is 10.3 Å². The van der Waals surface area contributed by atoms with E-state index in [0.717, 1.165) is 17.7 Å². The van der Waals surface area contributed by atoms with Gasteiger partial charge in [-0.1, -0.05) is 22.9 Å². The van der Waals surface area contributed by atoms with Crippen molar-refractivity contribution >= 4 is 11.7 Å². The Labute approximate surface area is 99.7 Å². The number of hydrogen-bond donors (Lipinski definition) is 0. The molecule has 1 unspecified atom stereocenters. The van der Waals surface area contributed by atoms with E-state index in [1.54, 1.807) is 0 Å². The van der Waals surface area contributed by atoms with E-state index in [-0.39, 0.29) is 0 Å². The van der Waals surface area contributed by atoms with Gasteiger partial charge in [-0.2, -0.15) is 0 Å². The van der Waals surface area contributed by atoms with Crippen LogP contribution in [0.25, 0.3) is 0 Å². The Kier molecular flexibility index (Phi) is 3.37. The Morgan fingerprint density at radius 2 is 2.12 bits per heavy atom. The predicted molar refractivity (Wildman–Crippen MR) is 60.4 cm³/mol. The zero-order chi connectivity index (χ0) is 12.3. The number of carbonyl (C=O) groups is 1. The van der Waals surface area contributed by atoms with Gasteiger partial charge >= 0.3 is 0 Å². The van der Waals surface area contributed by atoms with E-state index >= 15 is 0 Å². The molecule has 0 amide bonds. The predicted octanol–water partition coefficient (Wildman–Crippen LogP) is 1.21. The fourth-order valence-electron chi connectivity index (χ4n) is 1.82. The lowest BCUT2D eigenvalue weighted by Crippen LogP contribution is -2.41. The van der Waals surface area contributed by atoms with Crippen molar-refractivity contribution in [3.05, 3.63) is 29.8 Å². The second-order valence-electron chi connectivity index (χ2n) is 4.17. The minimum Gasteiger partial charge on any atom is -0.548 e. The summed E-state index contributed by atoms with van der Waals surface area (Å²) < 4.78 is 0. The average Bonchev–Trinajstić information content (AvgIpc) is 2.76. The number of rotatable bonds is 3. The van der Waals surface area contributed by atoms with Gasteiger partial charge in [0.25, 0.3) is 0 Å². The molecule has 1 aliphatic rings. The van der Waals surface area contributed by atoms with Crippen LogP contribution in [0.1, 0.15) is 18.4 Å². The molecule has 17 heavy (non-hydrogen) atoms. The van der Waals surface area contributed by atoms with Gasteiger partial charge in [0.2, 0.25) is 0 Å². The smallest absolute Gasteiger partial charge is 0.0881 e. The van der Waals surface area contributed by atoms with Gasteiger partial charge in [0.05, 0.1) is 17.7 Å². The van der Waals surface area contributed by atoms with Gasteiger partial charge in [-0.25, -0.2) is 0 Å². The molecule has 1 atom stereocenters. The molecule has 1 aromatic rings. The van der Waals surface area contributed by atoms with Crippen LogP contribution in [0.15, 0.2) is 34.6 Å². The minimum atomic E-state index is -1.08. The van der Waals surface area contributed by atoms with Crippen molar-refractivity contribution < 1.29 is 9.90 Å². The van der Waals surface area contributed by atoms with Crippen LogP contribution in [0, 0.1) is 6.92 Å². The van der Waals surface area contributed by atoms with E-state index in [9.17, 15) is 9.90 Å². The summed E-state index contributed by atoms with van der Waals surface area (Å²) in [4.78, 5) is 10.8. The van der Waals surface area contributed by atoms with Crippen LogP contribution < -0.4 is 5.11 Å². The zero-order valence-electron chi connectivity index (χ0n) is 9.67. The molecule has 0 saturated carbocycles. The summed E-state index contributed by atoms with van der Waals surface area (Å²) in [6.45, 7) is 2.61. The number of carbonyl (C=O) groups excluding carboxylic acids is 1. The van der Waals surface area contributed by atoms with Crippen LogP contribution in [0.3, 0.4) is 0 Å². The lowest BCUT2D eigenvalue weighted by atomic mass is 10.2. The molecule has 90 valence electrons. The summed E-state index contributed by atoms with van der Waals surface area (Å²) in [5.74, 6) is -1.08. The molecule has 0 N–H and O–H groups in total. The molecule has 1 aromatic carbocycles. The molecular weight excluding hydrogens is 218 g/mol. The molecule has 0 aromatic heterocycles. The molecule has 0 bridgehead atoms. The Morgan fingerprint density at radius 3 is 2.76 bits per heavy atom. The van der Waals surface area contributed by atoms with Crippen LogP contribution in [0.4, 0.5) is 5.69 Å². The zero-order valence-corrected chi connectivity index (χ0v) is 9.67. The summed E-state index contributed by atoms with van der Waals surface area (Å²) >= 11 is 0. The van der Waals surface area contributed by atoms with E-state index in [4.69, 9.17) is 0 Å². The molecule has 2 rings (SSSR count). The molecule has 0 aliphatic carbocycles. The quantitative estimate of drug-likeness (QED) is 0.735. The molecule has 1 heterocycles. The van der Waals surface area contributed by atoms with Crippen LogP contribution in [0.5, 0.6) is 0 Å². The first-order valence-corrected chi connectivity index (χ1v) is 5.62. The third-order valence-corrected chi connectivity index (χ3v) is 2.81. The second kappa shape index (κ2) is 4.95. The van der Waals surface area contributed by atoms with E-state index in [1.807, 2.05) is 31.2 Å². The maximum atomic E-state index is 10.8. The third-order valence-electron chi connectivity index (χ3n) is 2.81. The van der Waals surface area contributed by atoms with Gasteiger partial charge in [0.15, 0.2) is 0 Å². The van der Waals surface area contributed by atoms with Gasteiger partial charge in [0, 0.05) is 6.54 Å². The van der Waals surface area contributed by atoms with Crippen molar-refractivity contribution in [3.63, 3.8) is 0 Å². The van der Waals surface area contributed by atoms with Gasteiger partial charge < -0.3 is 9.90 Å². The van der Waals surface area contributed by atoms with Crippen LogP contribution >= 0.6 is 0 Å². The normalized spacial score (nSPS) is 20.1. The molecule has 1 aliphatic heterocycles. The van der Waals surface area contributed by atoms with Crippen molar-refractivity contribution in [1.29, 1.82) is 0 Å². The number of aliphatic carboxylic acids is 1. The maximum absolute atomic E-state index is 10.8. The first-order valence-electron chi connectivity index (χ1n) is 5.62. The Balaban J connectivity index is 2.05. The van der Waals surface area contributed by atoms with Gasteiger partial charge in [-0.3, -0.25) is 5.01 Å². The van der Waals surface area contributed by atoms with Crippen molar-refractivity contribution in [1.82, 2.24) is 5.01 Å². The summed E-state index contributed by atoms with van der Waals surface area (Å²) in [7, 11) is 0. The number of nitrogens with zero attached hydrogens (tertiary/aromatic N) is 3. The largest absolute Gasteiger partial charge is 0.548 e. The number of carboxylic acids is 1. The average molecular weight is 232 g/mol. The molecule has 1 saturated heterocycles. The Bertz CT molecular complexity index is 428. The number of carboxylic acid groups (broad SMARTS) is 1. The number of benzene rings is 1. The van der Waals surface area contributed by atoms with E-state index < -0.39 is 12.0 Å². The van der Waals surface area contributed by atoms with E-state index in [0.29, 0.717) is 13.0 Å². The molecule has 0 spiro atoms. The van der Waals surface area contributed by atoms with Crippen molar-refractivity contribution in [3.8, 4) is 0 Å². The highest BCUT2D eigenvalue weighted by atomic mass is 16.4. The summed E-state index contributed by atoms with van der Waals surface area (Å²) in [6.07, 6.45) is 1.39. The van der Waals surface area contributed by atoms with Crippen LogP contribution in [-0.2, 0) is 4.79 Å². The summed E-state index contributed by atoms with van der Waals surface area (Å²) in [5.41, 5.74) is 1.87.